The highest BCUT2D eigenvalue weighted by Crippen LogP contribution is 2.45. The lowest BCUT2D eigenvalue weighted by molar-refractivity contribution is -0.140. The number of hydrogen-bond donors (Lipinski definition) is 0. The van der Waals surface area contributed by atoms with Gasteiger partial charge < -0.3 is 4.74 Å². The van der Waals surface area contributed by atoms with Crippen LogP contribution in [0.1, 0.15) is 19.8 Å². The van der Waals surface area contributed by atoms with E-state index in [4.69, 9.17) is 46.4 Å². The minimum absolute atomic E-state index is 0.0819. The van der Waals surface area contributed by atoms with Gasteiger partial charge in [-0.3, -0.25) is 4.79 Å². The van der Waals surface area contributed by atoms with Gasteiger partial charge in [0, 0.05) is 6.42 Å². The fourth-order valence-electron chi connectivity index (χ4n) is 0.581. The van der Waals surface area contributed by atoms with Crippen LogP contribution >= 0.6 is 46.4 Å². The largest absolute Gasteiger partial charge is 0.469 e. The molecule has 0 rings (SSSR count). The minimum Gasteiger partial charge on any atom is -0.469 e. The van der Waals surface area contributed by atoms with Crippen LogP contribution in [0.2, 0.25) is 0 Å². The quantitative estimate of drug-likeness (QED) is 0.577. The second kappa shape index (κ2) is 4.92. The summed E-state index contributed by atoms with van der Waals surface area (Å²) in [6, 6.07) is 0. The van der Waals surface area contributed by atoms with Gasteiger partial charge in [0.15, 0.2) is 4.33 Å². The van der Waals surface area contributed by atoms with E-state index in [1.165, 1.54) is 14.0 Å². The highest BCUT2D eigenvalue weighted by molar-refractivity contribution is 6.62. The first kappa shape index (κ1) is 13.6. The molecule has 0 N–H and O–H groups in total. The Morgan fingerprint density at radius 2 is 1.77 bits per heavy atom. The van der Waals surface area contributed by atoms with Crippen LogP contribution in [0.25, 0.3) is 0 Å². The van der Waals surface area contributed by atoms with Gasteiger partial charge in [-0.2, -0.15) is 0 Å². The number of halogens is 4. The molecule has 78 valence electrons. The maximum Gasteiger partial charge on any atom is 0.305 e. The molecule has 0 amide bonds. The summed E-state index contributed by atoms with van der Waals surface area (Å²) in [6.07, 6.45) is 0.227. The van der Waals surface area contributed by atoms with Crippen molar-refractivity contribution in [2.24, 2.45) is 0 Å². The van der Waals surface area contributed by atoms with Crippen molar-refractivity contribution in [1.82, 2.24) is 0 Å². The molecule has 6 heteroatoms. The molecular formula is C7H10Cl4O2. The highest BCUT2D eigenvalue weighted by Gasteiger charge is 2.43. The molecule has 0 bridgehead atoms. The van der Waals surface area contributed by atoms with E-state index in [-0.39, 0.29) is 12.8 Å². The molecular weight excluding hydrogens is 258 g/mol. The highest BCUT2D eigenvalue weighted by atomic mass is 35.5. The van der Waals surface area contributed by atoms with E-state index in [1.807, 2.05) is 0 Å². The molecule has 0 aromatic rings. The molecule has 0 unspecified atom stereocenters. The first-order valence-electron chi connectivity index (χ1n) is 3.53. The molecule has 0 spiro atoms. The third kappa shape index (κ3) is 4.59. The van der Waals surface area contributed by atoms with Crippen LogP contribution < -0.4 is 0 Å². The number of alkyl halides is 4. The van der Waals surface area contributed by atoms with Crippen LogP contribution in [0, 0.1) is 0 Å². The zero-order valence-electron chi connectivity index (χ0n) is 7.24. The second-order valence-corrected chi connectivity index (χ2v) is 5.86. The zero-order chi connectivity index (χ0) is 10.7. The number of carbonyl (C=O) groups excluding carboxylic acids is 1. The van der Waals surface area contributed by atoms with Gasteiger partial charge in [-0.15, -0.1) is 0 Å². The SMILES string of the molecule is COC(=O)CCC(Cl)(Cl)C(C)(Cl)Cl. The molecule has 13 heavy (non-hydrogen) atoms. The van der Waals surface area contributed by atoms with E-state index < -0.39 is 14.6 Å². The average molecular weight is 268 g/mol. The Labute approximate surface area is 97.4 Å². The van der Waals surface area contributed by atoms with Crippen molar-refractivity contribution >= 4 is 52.4 Å². The Morgan fingerprint density at radius 3 is 2.08 bits per heavy atom. The van der Waals surface area contributed by atoms with Crippen LogP contribution in [-0.4, -0.2) is 21.7 Å². The van der Waals surface area contributed by atoms with E-state index in [9.17, 15) is 4.79 Å². The monoisotopic (exact) mass is 266 g/mol. The predicted molar refractivity (Wildman–Crippen MR) is 55.8 cm³/mol. The fourth-order valence-corrected chi connectivity index (χ4v) is 0.959. The summed E-state index contributed by atoms with van der Waals surface area (Å²) < 4.78 is 1.76. The molecule has 0 aliphatic rings. The predicted octanol–water partition coefficient (Wildman–Crippen LogP) is 3.31. The van der Waals surface area contributed by atoms with Gasteiger partial charge >= 0.3 is 5.97 Å². The average Bonchev–Trinajstić information content (AvgIpc) is 1.98. The third-order valence-electron chi connectivity index (χ3n) is 1.51. The van der Waals surface area contributed by atoms with Gasteiger partial charge in [0.05, 0.1) is 7.11 Å². The van der Waals surface area contributed by atoms with Gasteiger partial charge in [-0.1, -0.05) is 46.4 Å². The molecule has 0 heterocycles. The second-order valence-electron chi connectivity index (χ2n) is 2.67. The first-order chi connectivity index (χ1) is 5.70. The summed E-state index contributed by atoms with van der Waals surface area (Å²) in [6.45, 7) is 1.47. The number of hydrogen-bond acceptors (Lipinski definition) is 2. The van der Waals surface area contributed by atoms with Crippen molar-refractivity contribution in [3.8, 4) is 0 Å². The van der Waals surface area contributed by atoms with E-state index in [0.717, 1.165) is 0 Å². The van der Waals surface area contributed by atoms with Crippen LogP contribution in [0.3, 0.4) is 0 Å². The molecule has 0 aromatic heterocycles. The van der Waals surface area contributed by atoms with Crippen LogP contribution in [0.5, 0.6) is 0 Å². The van der Waals surface area contributed by atoms with Crippen molar-refractivity contribution in [3.05, 3.63) is 0 Å². The van der Waals surface area contributed by atoms with E-state index in [1.54, 1.807) is 0 Å². The summed E-state index contributed by atoms with van der Waals surface area (Å²) in [7, 11) is 1.28. The standard InChI is InChI=1S/C7H10Cl4O2/c1-6(8,9)7(10,11)4-3-5(12)13-2/h3-4H2,1-2H3. The van der Waals surface area contributed by atoms with Gasteiger partial charge in [0.2, 0.25) is 0 Å². The molecule has 0 aromatic carbocycles. The Kier molecular flexibility index (Phi) is 5.16. The lowest BCUT2D eigenvalue weighted by Gasteiger charge is -2.28. The van der Waals surface area contributed by atoms with Crippen molar-refractivity contribution < 1.29 is 9.53 Å². The number of rotatable bonds is 4. The number of esters is 1. The van der Waals surface area contributed by atoms with Crippen molar-refractivity contribution in [2.45, 2.75) is 28.4 Å². The summed E-state index contributed by atoms with van der Waals surface area (Å²) in [4.78, 5) is 10.8. The number of carbonyl (C=O) groups is 1. The maximum atomic E-state index is 10.8. The number of ether oxygens (including phenoxy) is 1. The minimum atomic E-state index is -1.36. The third-order valence-corrected chi connectivity index (χ3v) is 3.68. The van der Waals surface area contributed by atoms with Crippen LogP contribution in [-0.2, 0) is 9.53 Å². The Bertz CT molecular complexity index is 185. The van der Waals surface area contributed by atoms with E-state index in [0.29, 0.717) is 0 Å². The summed E-state index contributed by atoms with van der Waals surface area (Å²) >= 11 is 23.0. The molecule has 0 aliphatic carbocycles. The smallest absolute Gasteiger partial charge is 0.305 e. The lowest BCUT2D eigenvalue weighted by atomic mass is 10.2. The van der Waals surface area contributed by atoms with Crippen LogP contribution in [0.15, 0.2) is 0 Å². The summed E-state index contributed by atoms with van der Waals surface area (Å²) in [5.74, 6) is -0.400. The lowest BCUT2D eigenvalue weighted by Crippen LogP contribution is -2.33. The molecule has 0 fully saturated rings. The Hall–Kier alpha value is 0.630. The van der Waals surface area contributed by atoms with Gasteiger partial charge in [0.25, 0.3) is 0 Å². The van der Waals surface area contributed by atoms with E-state index >= 15 is 0 Å². The van der Waals surface area contributed by atoms with Gasteiger partial charge in [-0.05, 0) is 13.3 Å². The molecule has 0 saturated heterocycles. The maximum absolute atomic E-state index is 10.8. The summed E-state index contributed by atoms with van der Waals surface area (Å²) in [5.41, 5.74) is 0. The molecule has 2 nitrogen and oxygen atoms in total. The van der Waals surface area contributed by atoms with E-state index in [2.05, 4.69) is 4.74 Å². The fraction of sp³-hybridized carbons (Fsp3) is 0.857. The van der Waals surface area contributed by atoms with Gasteiger partial charge in [0.1, 0.15) is 4.33 Å². The topological polar surface area (TPSA) is 26.3 Å². The van der Waals surface area contributed by atoms with Crippen LogP contribution in [0.4, 0.5) is 0 Å². The molecule has 0 radical (unpaired) electrons. The normalized spacial score (nSPS) is 12.8. The zero-order valence-corrected chi connectivity index (χ0v) is 10.3. The van der Waals surface area contributed by atoms with Crippen molar-refractivity contribution in [2.75, 3.05) is 7.11 Å². The Morgan fingerprint density at radius 1 is 1.31 bits per heavy atom. The van der Waals surface area contributed by atoms with Crippen molar-refractivity contribution in [1.29, 1.82) is 0 Å². The Balaban J connectivity index is 4.12. The van der Waals surface area contributed by atoms with Crippen molar-refractivity contribution in [3.63, 3.8) is 0 Å². The molecule has 0 aliphatic heterocycles. The first-order valence-corrected chi connectivity index (χ1v) is 5.04. The number of methoxy groups -OCH3 is 1. The molecule has 0 saturated carbocycles. The molecule has 0 atom stereocenters. The van der Waals surface area contributed by atoms with Gasteiger partial charge in [-0.25, -0.2) is 0 Å². The summed E-state index contributed by atoms with van der Waals surface area (Å²) in [5, 5.41) is 0.